The molecular weight excluding hydrogens is 260 g/mol. The molecule has 0 bridgehead atoms. The van der Waals surface area contributed by atoms with E-state index in [1.807, 2.05) is 0 Å². The number of likely N-dealkylation sites (tertiary alicyclic amines) is 1. The second-order valence-electron chi connectivity index (χ2n) is 7.84. The molecule has 3 unspecified atom stereocenters. The minimum absolute atomic E-state index is 0.332. The predicted octanol–water partition coefficient (Wildman–Crippen LogP) is 3.29. The molecule has 1 N–H and O–H groups in total. The van der Waals surface area contributed by atoms with Crippen LogP contribution < -0.4 is 5.32 Å². The highest BCUT2D eigenvalue weighted by atomic mass is 16.5. The molecule has 0 spiro atoms. The van der Waals surface area contributed by atoms with E-state index in [-0.39, 0.29) is 0 Å². The summed E-state index contributed by atoms with van der Waals surface area (Å²) >= 11 is 0. The third-order valence-corrected chi connectivity index (χ3v) is 5.40. The van der Waals surface area contributed by atoms with Crippen LogP contribution in [0.4, 0.5) is 0 Å². The van der Waals surface area contributed by atoms with Crippen molar-refractivity contribution in [2.45, 2.75) is 71.9 Å². The largest absolute Gasteiger partial charge is 0.381 e. The smallest absolute Gasteiger partial charge is 0.0546 e. The molecule has 2 rings (SSSR count). The first-order valence-electron chi connectivity index (χ1n) is 9.10. The minimum atomic E-state index is 0.332. The standard InChI is InChI=1S/C18H36N2O/c1-5-17-8-7-16(4)20(17)13-18(9-6-10-21-14-18)12-19-11-15(2)3/h15-17,19H,5-14H2,1-4H3. The van der Waals surface area contributed by atoms with Crippen molar-refractivity contribution >= 4 is 0 Å². The number of nitrogens with one attached hydrogen (secondary N) is 1. The fourth-order valence-corrected chi connectivity index (χ4v) is 4.09. The van der Waals surface area contributed by atoms with Crippen molar-refractivity contribution in [1.82, 2.24) is 10.2 Å². The van der Waals surface area contributed by atoms with Gasteiger partial charge in [-0.2, -0.15) is 0 Å². The summed E-state index contributed by atoms with van der Waals surface area (Å²) in [6, 6.07) is 1.54. The molecule has 21 heavy (non-hydrogen) atoms. The fourth-order valence-electron chi connectivity index (χ4n) is 4.09. The molecule has 0 aromatic rings. The first-order valence-corrected chi connectivity index (χ1v) is 9.10. The van der Waals surface area contributed by atoms with Crippen LogP contribution in [0.1, 0.15) is 59.8 Å². The molecule has 3 heteroatoms. The fraction of sp³-hybridized carbons (Fsp3) is 1.00. The SMILES string of the molecule is CCC1CCC(C)N1CC1(CNCC(C)C)CCCOC1. The van der Waals surface area contributed by atoms with Crippen molar-refractivity contribution in [1.29, 1.82) is 0 Å². The molecule has 3 atom stereocenters. The van der Waals surface area contributed by atoms with E-state index in [4.69, 9.17) is 4.74 Å². The van der Waals surface area contributed by atoms with E-state index in [2.05, 4.69) is 37.9 Å². The van der Waals surface area contributed by atoms with Crippen LogP contribution in [0, 0.1) is 11.3 Å². The van der Waals surface area contributed by atoms with Crippen LogP contribution >= 0.6 is 0 Å². The molecule has 0 saturated carbocycles. The summed E-state index contributed by atoms with van der Waals surface area (Å²) in [6.45, 7) is 14.7. The molecule has 3 nitrogen and oxygen atoms in total. The van der Waals surface area contributed by atoms with Crippen LogP contribution in [0.3, 0.4) is 0 Å². The maximum absolute atomic E-state index is 5.89. The molecule has 2 aliphatic rings. The van der Waals surface area contributed by atoms with Crippen LogP contribution in [0.5, 0.6) is 0 Å². The van der Waals surface area contributed by atoms with Crippen molar-refractivity contribution in [3.63, 3.8) is 0 Å². The van der Waals surface area contributed by atoms with E-state index in [0.29, 0.717) is 5.41 Å². The Hall–Kier alpha value is -0.120. The maximum atomic E-state index is 5.89. The lowest BCUT2D eigenvalue weighted by molar-refractivity contribution is -0.0337. The number of rotatable bonds is 7. The summed E-state index contributed by atoms with van der Waals surface area (Å²) in [4.78, 5) is 2.78. The van der Waals surface area contributed by atoms with Crippen molar-refractivity contribution < 1.29 is 4.74 Å². The zero-order valence-corrected chi connectivity index (χ0v) is 14.7. The molecule has 2 heterocycles. The van der Waals surface area contributed by atoms with Crippen LogP contribution in [0.25, 0.3) is 0 Å². The average molecular weight is 296 g/mol. The Morgan fingerprint density at radius 3 is 2.76 bits per heavy atom. The Morgan fingerprint density at radius 2 is 2.14 bits per heavy atom. The molecule has 2 saturated heterocycles. The Bertz CT molecular complexity index is 300. The van der Waals surface area contributed by atoms with Crippen LogP contribution in [-0.4, -0.2) is 49.8 Å². The number of nitrogens with zero attached hydrogens (tertiary/aromatic N) is 1. The van der Waals surface area contributed by atoms with Gasteiger partial charge in [-0.15, -0.1) is 0 Å². The highest BCUT2D eigenvalue weighted by molar-refractivity contribution is 4.93. The van der Waals surface area contributed by atoms with Gasteiger partial charge in [0, 0.05) is 37.2 Å². The van der Waals surface area contributed by atoms with Gasteiger partial charge in [0.15, 0.2) is 0 Å². The summed E-state index contributed by atoms with van der Waals surface area (Å²) in [7, 11) is 0. The van der Waals surface area contributed by atoms with E-state index >= 15 is 0 Å². The van der Waals surface area contributed by atoms with Gasteiger partial charge in [0.1, 0.15) is 0 Å². The number of ether oxygens (including phenoxy) is 1. The first-order chi connectivity index (χ1) is 10.1. The molecule has 0 aromatic carbocycles. The van der Waals surface area contributed by atoms with E-state index in [9.17, 15) is 0 Å². The zero-order chi connectivity index (χ0) is 15.3. The van der Waals surface area contributed by atoms with Crippen LogP contribution in [0.2, 0.25) is 0 Å². The molecule has 0 aliphatic carbocycles. The normalized spacial score (nSPS) is 34.7. The zero-order valence-electron chi connectivity index (χ0n) is 14.7. The minimum Gasteiger partial charge on any atom is -0.381 e. The molecule has 2 fully saturated rings. The number of hydrogen-bond acceptors (Lipinski definition) is 3. The average Bonchev–Trinajstić information content (AvgIpc) is 2.80. The van der Waals surface area contributed by atoms with Crippen LogP contribution in [-0.2, 0) is 4.74 Å². The lowest BCUT2D eigenvalue weighted by atomic mass is 9.81. The quantitative estimate of drug-likeness (QED) is 0.780. The van der Waals surface area contributed by atoms with Gasteiger partial charge in [-0.25, -0.2) is 0 Å². The summed E-state index contributed by atoms with van der Waals surface area (Å²) < 4.78 is 5.89. The summed E-state index contributed by atoms with van der Waals surface area (Å²) in [6.07, 6.45) is 6.59. The monoisotopic (exact) mass is 296 g/mol. The number of hydrogen-bond donors (Lipinski definition) is 1. The van der Waals surface area contributed by atoms with E-state index in [1.165, 1.54) is 38.6 Å². The Morgan fingerprint density at radius 1 is 1.33 bits per heavy atom. The van der Waals surface area contributed by atoms with Gasteiger partial charge in [0.2, 0.25) is 0 Å². The highest BCUT2D eigenvalue weighted by Gasteiger charge is 2.39. The van der Waals surface area contributed by atoms with Gasteiger partial charge in [-0.1, -0.05) is 20.8 Å². The van der Waals surface area contributed by atoms with Gasteiger partial charge in [0.25, 0.3) is 0 Å². The van der Waals surface area contributed by atoms with Gasteiger partial charge >= 0.3 is 0 Å². The van der Waals surface area contributed by atoms with Crippen molar-refractivity contribution in [2.75, 3.05) is 32.8 Å². The second kappa shape index (κ2) is 7.94. The Balaban J connectivity index is 1.97. The van der Waals surface area contributed by atoms with Gasteiger partial charge in [0.05, 0.1) is 6.61 Å². The first kappa shape index (κ1) is 17.2. The van der Waals surface area contributed by atoms with Crippen molar-refractivity contribution in [3.05, 3.63) is 0 Å². The molecule has 2 aliphatic heterocycles. The lowest BCUT2D eigenvalue weighted by Crippen LogP contribution is -2.51. The lowest BCUT2D eigenvalue weighted by Gasteiger charge is -2.43. The molecule has 0 aromatic heterocycles. The summed E-state index contributed by atoms with van der Waals surface area (Å²) in [5.74, 6) is 0.723. The van der Waals surface area contributed by atoms with E-state index < -0.39 is 0 Å². The highest BCUT2D eigenvalue weighted by Crippen LogP contribution is 2.35. The maximum Gasteiger partial charge on any atom is 0.0546 e. The van der Waals surface area contributed by atoms with Gasteiger partial charge in [-0.05, 0) is 51.5 Å². The van der Waals surface area contributed by atoms with Crippen molar-refractivity contribution in [2.24, 2.45) is 11.3 Å². The third kappa shape index (κ3) is 4.67. The molecule has 0 amide bonds. The molecule has 0 radical (unpaired) electrons. The Labute approximate surface area is 131 Å². The third-order valence-electron chi connectivity index (χ3n) is 5.40. The second-order valence-corrected chi connectivity index (χ2v) is 7.84. The molecular formula is C18H36N2O. The van der Waals surface area contributed by atoms with Gasteiger partial charge in [-0.3, -0.25) is 4.90 Å². The summed E-state index contributed by atoms with van der Waals surface area (Å²) in [5.41, 5.74) is 0.332. The predicted molar refractivity (Wildman–Crippen MR) is 89.7 cm³/mol. The molecule has 124 valence electrons. The van der Waals surface area contributed by atoms with Crippen molar-refractivity contribution in [3.8, 4) is 0 Å². The van der Waals surface area contributed by atoms with E-state index in [1.54, 1.807) is 0 Å². The topological polar surface area (TPSA) is 24.5 Å². The van der Waals surface area contributed by atoms with E-state index in [0.717, 1.165) is 44.3 Å². The van der Waals surface area contributed by atoms with Crippen LogP contribution in [0.15, 0.2) is 0 Å². The Kier molecular flexibility index (Phi) is 6.51. The van der Waals surface area contributed by atoms with Gasteiger partial charge < -0.3 is 10.1 Å². The summed E-state index contributed by atoms with van der Waals surface area (Å²) in [5, 5.41) is 3.71.